The Morgan fingerprint density at radius 1 is 1.07 bits per heavy atom. The number of hydrazone groups is 1. The van der Waals surface area contributed by atoms with Gasteiger partial charge in [-0.2, -0.15) is 5.10 Å². The fourth-order valence-electron chi connectivity index (χ4n) is 2.44. The Bertz CT molecular complexity index is 733. The van der Waals surface area contributed by atoms with E-state index in [0.717, 1.165) is 12.0 Å². The smallest absolute Gasteiger partial charge is 0.339 e. The maximum atomic E-state index is 11.8. The number of unbranched alkanes of at least 4 members (excludes halogenated alkanes) is 3. The van der Waals surface area contributed by atoms with Crippen molar-refractivity contribution in [2.45, 2.75) is 32.6 Å². The minimum Gasteiger partial charge on any atom is -0.493 e. The molecule has 2 rings (SSSR count). The van der Waals surface area contributed by atoms with Crippen LogP contribution in [-0.2, 0) is 0 Å². The van der Waals surface area contributed by atoms with Crippen LogP contribution in [0.3, 0.4) is 0 Å². The predicted octanol–water partition coefficient (Wildman–Crippen LogP) is 4.81. The number of nitrogens with zero attached hydrogens (tertiary/aromatic N) is 1. The minimum absolute atomic E-state index is 0.406. The maximum Gasteiger partial charge on any atom is 0.339 e. The second kappa shape index (κ2) is 11.6. The third-order valence-electron chi connectivity index (χ3n) is 3.85. The topological polar surface area (TPSA) is 72.0 Å². The lowest BCUT2D eigenvalue weighted by molar-refractivity contribution is 0.252. The monoisotopic (exact) mass is 369 g/mol. The lowest BCUT2D eigenvalue weighted by Crippen LogP contribution is -2.24. The second-order valence-electron chi connectivity index (χ2n) is 6.01. The zero-order valence-electron chi connectivity index (χ0n) is 15.9. The van der Waals surface area contributed by atoms with Crippen molar-refractivity contribution in [3.8, 4) is 11.5 Å². The molecule has 0 radical (unpaired) electrons. The molecule has 0 aliphatic heterocycles. The third kappa shape index (κ3) is 7.40. The van der Waals surface area contributed by atoms with Crippen LogP contribution in [-0.4, -0.2) is 26.0 Å². The zero-order valence-corrected chi connectivity index (χ0v) is 15.9. The van der Waals surface area contributed by atoms with Gasteiger partial charge in [-0.05, 0) is 42.3 Å². The highest BCUT2D eigenvalue weighted by Crippen LogP contribution is 2.27. The average molecular weight is 369 g/mol. The fraction of sp³-hybridized carbons (Fsp3) is 0.333. The first-order valence-electron chi connectivity index (χ1n) is 9.19. The SMILES string of the molecule is CCCCCCOc1ccc(/C=N/NC(=O)Nc2ccccc2)cc1OC. The van der Waals surface area contributed by atoms with E-state index in [4.69, 9.17) is 9.47 Å². The molecule has 0 spiro atoms. The van der Waals surface area contributed by atoms with E-state index in [1.54, 1.807) is 25.5 Å². The number of carbonyl (C=O) groups excluding carboxylic acids is 1. The molecular weight excluding hydrogens is 342 g/mol. The molecule has 0 aliphatic rings. The Morgan fingerprint density at radius 3 is 2.63 bits per heavy atom. The van der Waals surface area contributed by atoms with Crippen molar-refractivity contribution in [3.63, 3.8) is 0 Å². The van der Waals surface area contributed by atoms with Gasteiger partial charge in [0.25, 0.3) is 0 Å². The molecule has 0 heterocycles. The highest BCUT2D eigenvalue weighted by Gasteiger charge is 2.05. The molecule has 0 saturated carbocycles. The van der Waals surface area contributed by atoms with E-state index in [2.05, 4.69) is 22.8 Å². The lowest BCUT2D eigenvalue weighted by atomic mass is 10.2. The summed E-state index contributed by atoms with van der Waals surface area (Å²) in [5, 5.41) is 6.64. The van der Waals surface area contributed by atoms with Gasteiger partial charge in [0.2, 0.25) is 0 Å². The molecule has 27 heavy (non-hydrogen) atoms. The summed E-state index contributed by atoms with van der Waals surface area (Å²) in [6.45, 7) is 2.86. The van der Waals surface area contributed by atoms with Gasteiger partial charge in [-0.1, -0.05) is 44.4 Å². The molecule has 0 saturated heterocycles. The second-order valence-corrected chi connectivity index (χ2v) is 6.01. The van der Waals surface area contributed by atoms with Gasteiger partial charge in [0.05, 0.1) is 19.9 Å². The summed E-state index contributed by atoms with van der Waals surface area (Å²) in [7, 11) is 1.60. The Balaban J connectivity index is 1.85. The molecule has 0 fully saturated rings. The van der Waals surface area contributed by atoms with Crippen LogP contribution < -0.4 is 20.2 Å². The number of anilines is 1. The Hall–Kier alpha value is -3.02. The van der Waals surface area contributed by atoms with Crippen molar-refractivity contribution in [1.82, 2.24) is 5.43 Å². The quantitative estimate of drug-likeness (QED) is 0.359. The molecule has 0 aromatic heterocycles. The number of nitrogens with one attached hydrogen (secondary N) is 2. The van der Waals surface area contributed by atoms with E-state index < -0.39 is 6.03 Å². The summed E-state index contributed by atoms with van der Waals surface area (Å²) in [5.41, 5.74) is 3.93. The summed E-state index contributed by atoms with van der Waals surface area (Å²) in [5.74, 6) is 1.35. The number of hydrogen-bond acceptors (Lipinski definition) is 4. The minimum atomic E-state index is -0.406. The van der Waals surface area contributed by atoms with Crippen molar-refractivity contribution in [2.24, 2.45) is 5.10 Å². The van der Waals surface area contributed by atoms with Gasteiger partial charge in [0, 0.05) is 5.69 Å². The molecule has 2 aromatic carbocycles. The molecule has 2 aromatic rings. The summed E-state index contributed by atoms with van der Waals surface area (Å²) < 4.78 is 11.2. The van der Waals surface area contributed by atoms with E-state index >= 15 is 0 Å². The molecule has 2 amide bonds. The van der Waals surface area contributed by atoms with Crippen LogP contribution in [0.25, 0.3) is 0 Å². The van der Waals surface area contributed by atoms with Gasteiger partial charge in [-0.25, -0.2) is 10.2 Å². The van der Waals surface area contributed by atoms with Gasteiger partial charge in [0.15, 0.2) is 11.5 Å². The van der Waals surface area contributed by atoms with Gasteiger partial charge >= 0.3 is 6.03 Å². The largest absolute Gasteiger partial charge is 0.493 e. The number of urea groups is 1. The normalized spacial score (nSPS) is 10.6. The number of rotatable bonds is 10. The van der Waals surface area contributed by atoms with Crippen LogP contribution in [0.5, 0.6) is 11.5 Å². The maximum absolute atomic E-state index is 11.8. The Morgan fingerprint density at radius 2 is 1.89 bits per heavy atom. The standard InChI is InChI=1S/C21H27N3O3/c1-3-4-5-9-14-27-19-13-12-17(15-20(19)26-2)16-22-24-21(25)23-18-10-7-6-8-11-18/h6-8,10-13,15-16H,3-5,9,14H2,1-2H3,(H2,23,24,25)/b22-16+. The highest BCUT2D eigenvalue weighted by molar-refractivity contribution is 5.90. The van der Waals surface area contributed by atoms with E-state index in [-0.39, 0.29) is 0 Å². The Kier molecular flexibility index (Phi) is 8.69. The lowest BCUT2D eigenvalue weighted by Gasteiger charge is -2.11. The van der Waals surface area contributed by atoms with Crippen molar-refractivity contribution < 1.29 is 14.3 Å². The predicted molar refractivity (Wildman–Crippen MR) is 109 cm³/mol. The van der Waals surface area contributed by atoms with Crippen molar-refractivity contribution >= 4 is 17.9 Å². The first-order chi connectivity index (χ1) is 13.2. The molecule has 0 bridgehead atoms. The van der Waals surface area contributed by atoms with E-state index in [0.29, 0.717) is 23.8 Å². The number of benzene rings is 2. The van der Waals surface area contributed by atoms with E-state index in [1.807, 2.05) is 36.4 Å². The van der Waals surface area contributed by atoms with Crippen molar-refractivity contribution in [1.29, 1.82) is 0 Å². The number of carbonyl (C=O) groups is 1. The van der Waals surface area contributed by atoms with Crippen LogP contribution >= 0.6 is 0 Å². The van der Waals surface area contributed by atoms with Crippen LogP contribution in [0.15, 0.2) is 53.6 Å². The zero-order chi connectivity index (χ0) is 19.3. The molecule has 6 heteroatoms. The van der Waals surface area contributed by atoms with Crippen LogP contribution in [0.4, 0.5) is 10.5 Å². The number of para-hydroxylation sites is 1. The van der Waals surface area contributed by atoms with Crippen LogP contribution in [0, 0.1) is 0 Å². The number of hydrogen-bond donors (Lipinski definition) is 2. The Labute approximate surface area is 160 Å². The fourth-order valence-corrected chi connectivity index (χ4v) is 2.44. The van der Waals surface area contributed by atoms with Gasteiger partial charge in [-0.3, -0.25) is 0 Å². The summed E-state index contributed by atoms with van der Waals surface area (Å²) in [4.78, 5) is 11.8. The number of ether oxygens (including phenoxy) is 2. The third-order valence-corrected chi connectivity index (χ3v) is 3.85. The molecule has 0 unspecified atom stereocenters. The number of amides is 2. The van der Waals surface area contributed by atoms with Crippen LogP contribution in [0.2, 0.25) is 0 Å². The first kappa shape index (κ1) is 20.3. The molecular formula is C21H27N3O3. The average Bonchev–Trinajstić information content (AvgIpc) is 2.69. The molecule has 0 atom stereocenters. The summed E-state index contributed by atoms with van der Waals surface area (Å²) in [6.07, 6.45) is 6.18. The summed E-state index contributed by atoms with van der Waals surface area (Å²) in [6, 6.07) is 14.3. The number of methoxy groups -OCH3 is 1. The van der Waals surface area contributed by atoms with E-state index in [9.17, 15) is 4.79 Å². The van der Waals surface area contributed by atoms with Crippen LogP contribution in [0.1, 0.15) is 38.2 Å². The van der Waals surface area contributed by atoms with E-state index in [1.165, 1.54) is 19.3 Å². The highest BCUT2D eigenvalue weighted by atomic mass is 16.5. The van der Waals surface area contributed by atoms with Gasteiger partial charge < -0.3 is 14.8 Å². The van der Waals surface area contributed by atoms with Gasteiger partial charge in [-0.15, -0.1) is 0 Å². The molecule has 0 aliphatic carbocycles. The first-order valence-corrected chi connectivity index (χ1v) is 9.19. The van der Waals surface area contributed by atoms with Crippen molar-refractivity contribution in [3.05, 3.63) is 54.1 Å². The summed E-state index contributed by atoms with van der Waals surface area (Å²) >= 11 is 0. The van der Waals surface area contributed by atoms with Crippen molar-refractivity contribution in [2.75, 3.05) is 19.0 Å². The molecule has 6 nitrogen and oxygen atoms in total. The molecule has 144 valence electrons. The van der Waals surface area contributed by atoms with Gasteiger partial charge in [0.1, 0.15) is 0 Å². The molecule has 2 N–H and O–H groups in total.